The minimum absolute atomic E-state index is 0.0514. The van der Waals surface area contributed by atoms with Gasteiger partial charge in [0.1, 0.15) is 21.4 Å². The first-order valence-electron chi connectivity index (χ1n) is 6.98. The van der Waals surface area contributed by atoms with E-state index in [4.69, 9.17) is 0 Å². The van der Waals surface area contributed by atoms with Crippen molar-refractivity contribution in [1.82, 2.24) is 50.4 Å². The molecule has 0 amide bonds. The van der Waals surface area contributed by atoms with Gasteiger partial charge in [-0.15, -0.1) is 10.2 Å². The number of aryl methyl sites for hydroxylation is 2. The Morgan fingerprint density at radius 1 is 0.846 bits per heavy atom. The molecule has 14 heteroatoms. The van der Waals surface area contributed by atoms with Crippen molar-refractivity contribution < 1.29 is 8.78 Å². The number of fused-ring (bicyclic) bond motifs is 1. The Kier molecular flexibility index (Phi) is 4.20. The van der Waals surface area contributed by atoms with Crippen molar-refractivity contribution >= 4 is 34.6 Å². The first-order chi connectivity index (χ1) is 12.5. The lowest BCUT2D eigenvalue weighted by atomic mass is 10.3. The summed E-state index contributed by atoms with van der Waals surface area (Å²) in [6, 6.07) is 1.87. The lowest BCUT2D eigenvalue weighted by molar-refractivity contribution is 0.588. The van der Waals surface area contributed by atoms with Crippen LogP contribution in [0.15, 0.2) is 32.5 Å². The van der Waals surface area contributed by atoms with E-state index >= 15 is 0 Å². The Balaban J connectivity index is 1.86. The summed E-state index contributed by atoms with van der Waals surface area (Å²) in [5.74, 6) is -1.54. The molecule has 26 heavy (non-hydrogen) atoms. The van der Waals surface area contributed by atoms with E-state index in [-0.39, 0.29) is 11.0 Å². The highest BCUT2D eigenvalue weighted by Gasteiger charge is 2.19. The first-order valence-corrected chi connectivity index (χ1v) is 8.62. The van der Waals surface area contributed by atoms with Crippen LogP contribution in [0.2, 0.25) is 0 Å². The maximum absolute atomic E-state index is 14.1. The molecule has 0 saturated heterocycles. The van der Waals surface area contributed by atoms with E-state index in [0.717, 1.165) is 35.7 Å². The van der Waals surface area contributed by atoms with Crippen LogP contribution in [0.5, 0.6) is 0 Å². The van der Waals surface area contributed by atoms with Gasteiger partial charge in [0.05, 0.1) is 5.52 Å². The number of tetrazole rings is 2. The van der Waals surface area contributed by atoms with E-state index in [1.54, 1.807) is 14.1 Å². The summed E-state index contributed by atoms with van der Waals surface area (Å²) in [5, 5.41) is 23.9. The fraction of sp³-hybridized carbons (Fsp3) is 0.167. The molecule has 0 bridgehead atoms. The molecule has 0 unspecified atom stereocenters. The number of rotatable bonds is 4. The molecule has 0 fully saturated rings. The van der Waals surface area contributed by atoms with Gasteiger partial charge in [-0.2, -0.15) is 0 Å². The van der Waals surface area contributed by atoms with Gasteiger partial charge >= 0.3 is 0 Å². The fourth-order valence-corrected chi connectivity index (χ4v) is 3.61. The van der Waals surface area contributed by atoms with Gasteiger partial charge in [0, 0.05) is 26.2 Å². The number of halogens is 2. The van der Waals surface area contributed by atoms with Crippen LogP contribution in [-0.2, 0) is 14.1 Å². The standard InChI is InChI=1S/C12H8F2N10S2/c1-23-11(17-19-21-23)25-9-10(26-12-18-20-22-24(12)2)16-8-6(14)3-5(13)4-7(8)15-9/h3-4H,1-2H3. The van der Waals surface area contributed by atoms with Gasteiger partial charge in [-0.25, -0.2) is 28.1 Å². The zero-order valence-corrected chi connectivity index (χ0v) is 14.8. The molecule has 4 aromatic rings. The van der Waals surface area contributed by atoms with Gasteiger partial charge in [0.25, 0.3) is 0 Å². The second-order valence-corrected chi connectivity index (χ2v) is 6.88. The molecule has 3 heterocycles. The molecule has 0 aliphatic carbocycles. The van der Waals surface area contributed by atoms with Crippen LogP contribution in [0.1, 0.15) is 0 Å². The van der Waals surface area contributed by atoms with E-state index < -0.39 is 11.6 Å². The molecule has 4 rings (SSSR count). The molecule has 132 valence electrons. The summed E-state index contributed by atoms with van der Waals surface area (Å²) in [6.45, 7) is 0. The molecule has 0 atom stereocenters. The minimum atomic E-state index is -0.803. The maximum atomic E-state index is 14.1. The molecule has 10 nitrogen and oxygen atoms in total. The summed E-state index contributed by atoms with van der Waals surface area (Å²) < 4.78 is 30.5. The fourth-order valence-electron chi connectivity index (χ4n) is 1.98. The Bertz CT molecular complexity index is 1110. The summed E-state index contributed by atoms with van der Waals surface area (Å²) in [4.78, 5) is 8.63. The van der Waals surface area contributed by atoms with Crippen molar-refractivity contribution in [2.45, 2.75) is 20.4 Å². The van der Waals surface area contributed by atoms with Crippen LogP contribution in [0.25, 0.3) is 11.0 Å². The summed E-state index contributed by atoms with van der Waals surface area (Å²) in [5.41, 5.74) is 0.0324. The van der Waals surface area contributed by atoms with Gasteiger partial charge in [-0.3, -0.25) is 0 Å². The predicted molar refractivity (Wildman–Crippen MR) is 85.3 cm³/mol. The third-order valence-corrected chi connectivity index (χ3v) is 5.31. The molecule has 0 aliphatic heterocycles. The van der Waals surface area contributed by atoms with Crippen LogP contribution < -0.4 is 0 Å². The number of nitrogens with zero attached hydrogens (tertiary/aromatic N) is 10. The quantitative estimate of drug-likeness (QED) is 0.501. The highest BCUT2D eigenvalue weighted by atomic mass is 32.2. The van der Waals surface area contributed by atoms with Gasteiger partial charge in [-0.05, 0) is 44.4 Å². The van der Waals surface area contributed by atoms with Gasteiger partial charge in [0.2, 0.25) is 10.3 Å². The van der Waals surface area contributed by atoms with Crippen molar-refractivity contribution in [2.24, 2.45) is 14.1 Å². The molecule has 1 aromatic carbocycles. The van der Waals surface area contributed by atoms with E-state index in [1.165, 1.54) is 9.36 Å². The van der Waals surface area contributed by atoms with Crippen LogP contribution in [-0.4, -0.2) is 50.4 Å². The molecule has 0 N–H and O–H groups in total. The summed E-state index contributed by atoms with van der Waals surface area (Å²) in [6.07, 6.45) is 0. The average molecular weight is 394 g/mol. The minimum Gasteiger partial charge on any atom is -0.236 e. The Morgan fingerprint density at radius 2 is 1.42 bits per heavy atom. The zero-order chi connectivity index (χ0) is 18.3. The van der Waals surface area contributed by atoms with Crippen LogP contribution in [0, 0.1) is 11.6 Å². The highest BCUT2D eigenvalue weighted by molar-refractivity contribution is 8.02. The normalized spacial score (nSPS) is 11.4. The van der Waals surface area contributed by atoms with Crippen LogP contribution in [0.4, 0.5) is 8.78 Å². The maximum Gasteiger partial charge on any atom is 0.215 e. The number of hydrogen-bond acceptors (Lipinski definition) is 10. The van der Waals surface area contributed by atoms with Crippen molar-refractivity contribution in [2.75, 3.05) is 0 Å². The van der Waals surface area contributed by atoms with E-state index in [0.29, 0.717) is 20.4 Å². The molecule has 0 spiro atoms. The lowest BCUT2D eigenvalue weighted by Crippen LogP contribution is -2.00. The van der Waals surface area contributed by atoms with E-state index in [9.17, 15) is 8.78 Å². The summed E-state index contributed by atoms with van der Waals surface area (Å²) in [7, 11) is 3.32. The predicted octanol–water partition coefficient (Wildman–Crippen LogP) is 1.26. The summed E-state index contributed by atoms with van der Waals surface area (Å²) >= 11 is 2.21. The third kappa shape index (κ3) is 3.08. The monoisotopic (exact) mass is 394 g/mol. The second kappa shape index (κ2) is 6.53. The smallest absolute Gasteiger partial charge is 0.215 e. The molecule has 0 saturated carbocycles. The average Bonchev–Trinajstić information content (AvgIpc) is 3.17. The van der Waals surface area contributed by atoms with Crippen LogP contribution in [0.3, 0.4) is 0 Å². The van der Waals surface area contributed by atoms with Crippen molar-refractivity contribution in [3.8, 4) is 0 Å². The SMILES string of the molecule is Cn1nnnc1Sc1nc2cc(F)cc(F)c2nc1Sc1nnnn1C. The van der Waals surface area contributed by atoms with Gasteiger partial charge in [0.15, 0.2) is 5.82 Å². The van der Waals surface area contributed by atoms with Gasteiger partial charge < -0.3 is 0 Å². The second-order valence-electron chi connectivity index (χ2n) is 4.96. The third-order valence-electron chi connectivity index (χ3n) is 3.16. The number of benzene rings is 1. The van der Waals surface area contributed by atoms with E-state index in [2.05, 4.69) is 41.0 Å². The topological polar surface area (TPSA) is 113 Å². The largest absolute Gasteiger partial charge is 0.236 e. The first kappa shape index (κ1) is 16.7. The molecular weight excluding hydrogens is 386 g/mol. The molecule has 3 aromatic heterocycles. The van der Waals surface area contributed by atoms with Crippen molar-refractivity contribution in [3.05, 3.63) is 23.8 Å². The van der Waals surface area contributed by atoms with Crippen LogP contribution >= 0.6 is 23.5 Å². The lowest BCUT2D eigenvalue weighted by Gasteiger charge is -2.08. The van der Waals surface area contributed by atoms with E-state index in [1.807, 2.05) is 0 Å². The molecule has 0 radical (unpaired) electrons. The number of aromatic nitrogens is 10. The molecular formula is C12H8F2N10S2. The highest BCUT2D eigenvalue weighted by Crippen LogP contribution is 2.36. The van der Waals surface area contributed by atoms with Crippen molar-refractivity contribution in [1.29, 1.82) is 0 Å². The zero-order valence-electron chi connectivity index (χ0n) is 13.2. The number of hydrogen-bond donors (Lipinski definition) is 0. The van der Waals surface area contributed by atoms with Gasteiger partial charge in [-0.1, -0.05) is 0 Å². The molecule has 0 aliphatic rings. The van der Waals surface area contributed by atoms with Crippen molar-refractivity contribution in [3.63, 3.8) is 0 Å². The Labute approximate surface area is 152 Å². The Hall–Kier alpha value is -2.74. The Morgan fingerprint density at radius 3 is 1.96 bits per heavy atom.